The number of carbonyl (C=O) groups excluding carboxylic acids is 1. The summed E-state index contributed by atoms with van der Waals surface area (Å²) in [6.45, 7) is 4.37. The van der Waals surface area contributed by atoms with Gasteiger partial charge in [-0.3, -0.25) is 9.69 Å². The number of rotatable bonds is 2. The average molecular weight is 255 g/mol. The maximum absolute atomic E-state index is 11.8. The van der Waals surface area contributed by atoms with E-state index in [1.807, 2.05) is 0 Å². The van der Waals surface area contributed by atoms with Gasteiger partial charge in [-0.2, -0.15) is 0 Å². The van der Waals surface area contributed by atoms with Crippen LogP contribution in [0.2, 0.25) is 0 Å². The van der Waals surface area contributed by atoms with Gasteiger partial charge in [-0.05, 0) is 32.7 Å². The van der Waals surface area contributed by atoms with Crippen LogP contribution in [0, 0.1) is 0 Å². The molecule has 0 radical (unpaired) electrons. The monoisotopic (exact) mass is 255 g/mol. The highest BCUT2D eigenvalue weighted by atomic mass is 16.5. The summed E-state index contributed by atoms with van der Waals surface area (Å²) in [5.74, 6) is -0.249. The number of hydrogen-bond acceptors (Lipinski definition) is 5. The number of nitrogens with zero attached hydrogens (tertiary/aromatic N) is 2. The van der Waals surface area contributed by atoms with Crippen molar-refractivity contribution >= 4 is 5.97 Å². The predicted molar refractivity (Wildman–Crippen MR) is 70.3 cm³/mol. The summed E-state index contributed by atoms with van der Waals surface area (Å²) in [5, 5.41) is 0. The Bertz CT molecular complexity index is 303. The van der Waals surface area contributed by atoms with E-state index < -0.39 is 5.54 Å². The number of nitrogens with two attached hydrogens (primary N) is 1. The van der Waals surface area contributed by atoms with Gasteiger partial charge >= 0.3 is 5.97 Å². The number of likely N-dealkylation sites (N-methyl/N-ethyl adjacent to an activating group) is 1. The molecule has 2 atom stereocenters. The Hall–Kier alpha value is -0.650. The van der Waals surface area contributed by atoms with Crippen molar-refractivity contribution in [3.63, 3.8) is 0 Å². The Morgan fingerprint density at radius 3 is 2.61 bits per heavy atom. The van der Waals surface area contributed by atoms with E-state index in [0.29, 0.717) is 6.04 Å². The van der Waals surface area contributed by atoms with Crippen molar-refractivity contribution in [2.75, 3.05) is 40.3 Å². The van der Waals surface area contributed by atoms with Crippen LogP contribution in [0.25, 0.3) is 0 Å². The van der Waals surface area contributed by atoms with Crippen molar-refractivity contribution in [3.05, 3.63) is 0 Å². The van der Waals surface area contributed by atoms with Crippen LogP contribution in [0.4, 0.5) is 0 Å². The third-order valence-electron chi connectivity index (χ3n) is 4.41. The summed E-state index contributed by atoms with van der Waals surface area (Å²) in [6, 6.07) is 0.441. The molecule has 1 aliphatic heterocycles. The molecule has 0 aromatic heterocycles. The molecule has 2 aliphatic rings. The zero-order valence-electron chi connectivity index (χ0n) is 11.5. The molecule has 1 saturated heterocycles. The van der Waals surface area contributed by atoms with E-state index in [9.17, 15) is 4.79 Å². The third kappa shape index (κ3) is 2.84. The largest absolute Gasteiger partial charge is 0.468 e. The molecule has 0 amide bonds. The lowest BCUT2D eigenvalue weighted by molar-refractivity contribution is -0.149. The lowest BCUT2D eigenvalue weighted by Crippen LogP contribution is -2.58. The van der Waals surface area contributed by atoms with Crippen LogP contribution in [0.1, 0.15) is 25.7 Å². The van der Waals surface area contributed by atoms with E-state index in [4.69, 9.17) is 10.5 Å². The molecule has 2 rings (SSSR count). The Morgan fingerprint density at radius 1 is 1.33 bits per heavy atom. The van der Waals surface area contributed by atoms with Crippen molar-refractivity contribution in [2.24, 2.45) is 5.73 Å². The molecule has 1 aliphatic carbocycles. The Morgan fingerprint density at radius 2 is 2.00 bits per heavy atom. The van der Waals surface area contributed by atoms with Crippen molar-refractivity contribution in [3.8, 4) is 0 Å². The molecule has 5 nitrogen and oxygen atoms in total. The fourth-order valence-electron chi connectivity index (χ4n) is 3.17. The number of esters is 1. The van der Waals surface area contributed by atoms with Gasteiger partial charge in [0.1, 0.15) is 5.54 Å². The number of methoxy groups -OCH3 is 1. The summed E-state index contributed by atoms with van der Waals surface area (Å²) in [7, 11) is 3.58. The van der Waals surface area contributed by atoms with Gasteiger partial charge in [0.15, 0.2) is 0 Å². The van der Waals surface area contributed by atoms with Crippen molar-refractivity contribution < 1.29 is 9.53 Å². The summed E-state index contributed by atoms with van der Waals surface area (Å²) in [5.41, 5.74) is 5.46. The smallest absolute Gasteiger partial charge is 0.325 e. The highest BCUT2D eigenvalue weighted by Crippen LogP contribution is 2.30. The highest BCUT2D eigenvalue weighted by molar-refractivity contribution is 5.80. The molecule has 18 heavy (non-hydrogen) atoms. The molecule has 0 aromatic carbocycles. The summed E-state index contributed by atoms with van der Waals surface area (Å²) in [4.78, 5) is 16.6. The topological polar surface area (TPSA) is 58.8 Å². The molecule has 0 spiro atoms. The lowest BCUT2D eigenvalue weighted by atomic mass is 9.79. The normalized spacial score (nSPS) is 35.4. The number of carbonyl (C=O) groups is 1. The van der Waals surface area contributed by atoms with E-state index in [1.165, 1.54) is 7.11 Å². The number of hydrogen-bond donors (Lipinski definition) is 1. The average Bonchev–Trinajstić information content (AvgIpc) is 2.38. The van der Waals surface area contributed by atoms with E-state index in [-0.39, 0.29) is 5.97 Å². The maximum atomic E-state index is 11.8. The Kier molecular flexibility index (Phi) is 4.25. The van der Waals surface area contributed by atoms with Gasteiger partial charge in [-0.25, -0.2) is 0 Å². The van der Waals surface area contributed by atoms with E-state index in [1.54, 1.807) is 0 Å². The van der Waals surface area contributed by atoms with Gasteiger partial charge in [0.2, 0.25) is 0 Å². The van der Waals surface area contributed by atoms with Gasteiger partial charge in [0.05, 0.1) is 7.11 Å². The molecule has 2 unspecified atom stereocenters. The van der Waals surface area contributed by atoms with Crippen LogP contribution >= 0.6 is 0 Å². The van der Waals surface area contributed by atoms with E-state index in [2.05, 4.69) is 16.8 Å². The molecular weight excluding hydrogens is 230 g/mol. The second kappa shape index (κ2) is 5.55. The van der Waals surface area contributed by atoms with Crippen molar-refractivity contribution in [1.29, 1.82) is 0 Å². The third-order valence-corrected chi connectivity index (χ3v) is 4.41. The first-order valence-corrected chi connectivity index (χ1v) is 6.85. The standard InChI is InChI=1S/C13H25N3O2/c1-15-6-8-16(9-7-15)11-4-3-5-13(14,10-11)12(17)18-2/h11H,3-10,14H2,1-2H3. The fourth-order valence-corrected chi connectivity index (χ4v) is 3.17. The van der Waals surface area contributed by atoms with Crippen LogP contribution in [0.5, 0.6) is 0 Å². The molecule has 2 N–H and O–H groups in total. The highest BCUT2D eigenvalue weighted by Gasteiger charge is 2.42. The number of piperazine rings is 1. The van der Waals surface area contributed by atoms with Crippen LogP contribution in [0.15, 0.2) is 0 Å². The SMILES string of the molecule is COC(=O)C1(N)CCCC(N2CCN(C)CC2)C1. The Balaban J connectivity index is 1.96. The molecule has 5 heteroatoms. The van der Waals surface area contributed by atoms with Crippen LogP contribution in [-0.2, 0) is 9.53 Å². The first-order valence-electron chi connectivity index (χ1n) is 6.85. The first kappa shape index (κ1) is 13.8. The van der Waals surface area contributed by atoms with Crippen LogP contribution in [0.3, 0.4) is 0 Å². The molecular formula is C13H25N3O2. The van der Waals surface area contributed by atoms with Crippen LogP contribution < -0.4 is 5.73 Å². The van der Waals surface area contributed by atoms with Gasteiger partial charge in [-0.15, -0.1) is 0 Å². The second-order valence-corrected chi connectivity index (χ2v) is 5.74. The molecule has 0 aromatic rings. The lowest BCUT2D eigenvalue weighted by Gasteiger charge is -2.43. The zero-order chi connectivity index (χ0) is 13.2. The molecule has 0 bridgehead atoms. The molecule has 1 saturated carbocycles. The minimum atomic E-state index is -0.763. The predicted octanol–water partition coefficient (Wildman–Crippen LogP) is 0.0469. The molecule has 104 valence electrons. The van der Waals surface area contributed by atoms with Gasteiger partial charge < -0.3 is 15.4 Å². The van der Waals surface area contributed by atoms with Gasteiger partial charge in [0, 0.05) is 32.2 Å². The quantitative estimate of drug-likeness (QED) is 0.706. The van der Waals surface area contributed by atoms with Gasteiger partial charge in [-0.1, -0.05) is 0 Å². The summed E-state index contributed by atoms with van der Waals surface area (Å²) >= 11 is 0. The van der Waals surface area contributed by atoms with E-state index >= 15 is 0 Å². The van der Waals surface area contributed by atoms with Crippen molar-refractivity contribution in [2.45, 2.75) is 37.3 Å². The Labute approximate surface area is 109 Å². The summed E-state index contributed by atoms with van der Waals surface area (Å²) in [6.07, 6.45) is 3.66. The minimum Gasteiger partial charge on any atom is -0.468 e. The zero-order valence-corrected chi connectivity index (χ0v) is 11.5. The number of ether oxygens (including phenoxy) is 1. The van der Waals surface area contributed by atoms with Crippen molar-refractivity contribution in [1.82, 2.24) is 9.80 Å². The van der Waals surface area contributed by atoms with E-state index in [0.717, 1.165) is 51.9 Å². The van der Waals surface area contributed by atoms with Crippen LogP contribution in [-0.4, -0.2) is 67.7 Å². The minimum absolute atomic E-state index is 0.249. The second-order valence-electron chi connectivity index (χ2n) is 5.74. The van der Waals surface area contributed by atoms with Gasteiger partial charge in [0.25, 0.3) is 0 Å². The fraction of sp³-hybridized carbons (Fsp3) is 0.923. The molecule has 1 heterocycles. The summed E-state index contributed by atoms with van der Waals surface area (Å²) < 4.78 is 4.85. The maximum Gasteiger partial charge on any atom is 0.325 e. The molecule has 2 fully saturated rings. The first-order chi connectivity index (χ1) is 8.55.